The van der Waals surface area contributed by atoms with Gasteiger partial charge >= 0.3 is 0 Å². The number of benzene rings is 2. The molecule has 0 aliphatic heterocycles. The molecule has 0 fully saturated rings. The number of rotatable bonds is 5. The number of amides is 1. The molecule has 2 aromatic carbocycles. The van der Waals surface area contributed by atoms with Crippen LogP contribution in [0.2, 0.25) is 0 Å². The summed E-state index contributed by atoms with van der Waals surface area (Å²) in [4.78, 5) is 12.3. The van der Waals surface area contributed by atoms with Gasteiger partial charge in [0.05, 0.1) is 10.0 Å². The van der Waals surface area contributed by atoms with Crippen LogP contribution in [0, 0.1) is 5.82 Å². The molecule has 1 atom stereocenters. The first-order valence-corrected chi connectivity index (χ1v) is 9.20. The molecule has 0 saturated carbocycles. The summed E-state index contributed by atoms with van der Waals surface area (Å²) in [6, 6.07) is 13.6. The van der Waals surface area contributed by atoms with E-state index in [1.807, 2.05) is 19.9 Å². The van der Waals surface area contributed by atoms with Crippen molar-refractivity contribution >= 4 is 39.2 Å². The van der Waals surface area contributed by atoms with Crippen LogP contribution in [0.25, 0.3) is 0 Å². The molecule has 6 heteroatoms. The normalized spacial score (nSPS) is 12.8. The van der Waals surface area contributed by atoms with Gasteiger partial charge in [0.1, 0.15) is 5.82 Å². The lowest BCUT2D eigenvalue weighted by Crippen LogP contribution is -2.49. The fraction of sp³-hybridized carbons (Fsp3) is 0.200. The molecule has 0 aromatic heterocycles. The number of nitrogens with one attached hydrogen (secondary N) is 2. The predicted octanol–water partition coefficient (Wildman–Crippen LogP) is 5.07. The summed E-state index contributed by atoms with van der Waals surface area (Å²) in [5.74, 6) is -0.632. The predicted molar refractivity (Wildman–Crippen MR) is 111 cm³/mol. The molecule has 0 heterocycles. The van der Waals surface area contributed by atoms with E-state index in [0.717, 1.165) is 11.1 Å². The van der Waals surface area contributed by atoms with Crippen LogP contribution in [0.5, 0.6) is 0 Å². The third-order valence-electron chi connectivity index (χ3n) is 3.86. The van der Waals surface area contributed by atoms with E-state index in [1.165, 1.54) is 6.07 Å². The molecule has 2 N–H and O–H groups in total. The second kappa shape index (κ2) is 8.56. The maximum absolute atomic E-state index is 13.6. The van der Waals surface area contributed by atoms with E-state index in [-0.39, 0.29) is 16.8 Å². The third kappa shape index (κ3) is 5.22. The minimum atomic E-state index is -0.650. The second-order valence-corrected chi connectivity index (χ2v) is 7.63. The van der Waals surface area contributed by atoms with Crippen LogP contribution in [0.3, 0.4) is 0 Å². The molecule has 0 aliphatic carbocycles. The lowest BCUT2D eigenvalue weighted by molar-refractivity contribution is 0.0976. The zero-order valence-corrected chi connectivity index (χ0v) is 17.0. The Labute approximate surface area is 166 Å². The molecule has 0 spiro atoms. The highest BCUT2D eigenvalue weighted by Crippen LogP contribution is 2.30. The number of carbonyl (C=O) groups excluding carboxylic acids is 1. The molecule has 2 aromatic rings. The van der Waals surface area contributed by atoms with Crippen molar-refractivity contribution < 1.29 is 9.18 Å². The Morgan fingerprint density at radius 2 is 1.92 bits per heavy atom. The molecule has 0 unspecified atom stereocenters. The standard InChI is InChI=1S/C20H20BrFN2OS/c1-13(2)12-20(3,15-9-10-17(22)16(21)11-15)24-19(26)23-18(25)14-7-5-4-6-8-14/h4-11H,1,12H2,2-3H3,(H2,23,24,25,26)/t20-/m0/s1. The smallest absolute Gasteiger partial charge is 0.257 e. The van der Waals surface area contributed by atoms with E-state index >= 15 is 0 Å². The Hall–Kier alpha value is -2.05. The fourth-order valence-electron chi connectivity index (χ4n) is 2.71. The average molecular weight is 435 g/mol. The molecule has 2 rings (SSSR count). The van der Waals surface area contributed by atoms with E-state index < -0.39 is 5.54 Å². The summed E-state index contributed by atoms with van der Waals surface area (Å²) < 4.78 is 14.0. The fourth-order valence-corrected chi connectivity index (χ4v) is 3.40. The Morgan fingerprint density at radius 1 is 1.27 bits per heavy atom. The van der Waals surface area contributed by atoms with Gasteiger partial charge in [-0.25, -0.2) is 4.39 Å². The summed E-state index contributed by atoms with van der Waals surface area (Å²) in [5, 5.41) is 6.07. The Kier molecular flexibility index (Phi) is 6.67. The first-order valence-electron chi connectivity index (χ1n) is 8.00. The van der Waals surface area contributed by atoms with Crippen molar-refractivity contribution in [3.63, 3.8) is 0 Å². The highest BCUT2D eigenvalue weighted by Gasteiger charge is 2.28. The number of hydrogen-bond donors (Lipinski definition) is 2. The summed E-state index contributed by atoms with van der Waals surface area (Å²) in [6.45, 7) is 7.80. The van der Waals surface area contributed by atoms with E-state index in [4.69, 9.17) is 12.2 Å². The minimum absolute atomic E-state index is 0.197. The van der Waals surface area contributed by atoms with Crippen LogP contribution in [0.1, 0.15) is 36.2 Å². The first-order chi connectivity index (χ1) is 12.2. The van der Waals surface area contributed by atoms with Gasteiger partial charge in [-0.1, -0.05) is 29.8 Å². The van der Waals surface area contributed by atoms with Crippen molar-refractivity contribution in [3.05, 3.63) is 82.1 Å². The molecule has 0 radical (unpaired) electrons. The Balaban J connectivity index is 2.21. The van der Waals surface area contributed by atoms with Gasteiger partial charge in [-0.3, -0.25) is 10.1 Å². The van der Waals surface area contributed by atoms with Crippen LogP contribution in [-0.2, 0) is 5.54 Å². The van der Waals surface area contributed by atoms with Gasteiger partial charge in [-0.05, 0) is 78.2 Å². The summed E-state index contributed by atoms with van der Waals surface area (Å²) in [7, 11) is 0. The van der Waals surface area contributed by atoms with Gasteiger partial charge < -0.3 is 5.32 Å². The van der Waals surface area contributed by atoms with Crippen LogP contribution >= 0.6 is 28.1 Å². The average Bonchev–Trinajstić information content (AvgIpc) is 2.57. The monoisotopic (exact) mass is 434 g/mol. The maximum atomic E-state index is 13.6. The van der Waals surface area contributed by atoms with Gasteiger partial charge in [0.15, 0.2) is 5.11 Å². The number of hydrogen-bond acceptors (Lipinski definition) is 2. The van der Waals surface area contributed by atoms with Gasteiger partial charge in [0, 0.05) is 5.56 Å². The van der Waals surface area contributed by atoms with E-state index in [2.05, 4.69) is 33.1 Å². The molecule has 136 valence electrons. The summed E-state index contributed by atoms with van der Waals surface area (Å²) in [5.41, 5.74) is 1.62. The van der Waals surface area contributed by atoms with Crippen molar-refractivity contribution in [2.45, 2.75) is 25.8 Å². The van der Waals surface area contributed by atoms with Crippen LogP contribution in [-0.4, -0.2) is 11.0 Å². The van der Waals surface area contributed by atoms with Crippen molar-refractivity contribution in [3.8, 4) is 0 Å². The first kappa shape index (κ1) is 20.3. The maximum Gasteiger partial charge on any atom is 0.257 e. The van der Waals surface area contributed by atoms with Crippen LogP contribution in [0.15, 0.2) is 65.2 Å². The minimum Gasteiger partial charge on any atom is -0.353 e. The third-order valence-corrected chi connectivity index (χ3v) is 4.68. The molecular formula is C20H20BrFN2OS. The molecule has 0 bridgehead atoms. The lowest BCUT2D eigenvalue weighted by atomic mass is 9.86. The number of halogens is 2. The lowest BCUT2D eigenvalue weighted by Gasteiger charge is -2.33. The molecule has 0 aliphatic rings. The zero-order chi connectivity index (χ0) is 19.3. The SMILES string of the molecule is C=C(C)C[C@](C)(NC(=S)NC(=O)c1ccccc1)c1ccc(F)c(Br)c1. The molecular weight excluding hydrogens is 415 g/mol. The van der Waals surface area contributed by atoms with Gasteiger partial charge in [0.25, 0.3) is 5.91 Å². The molecule has 1 amide bonds. The highest BCUT2D eigenvalue weighted by molar-refractivity contribution is 9.10. The van der Waals surface area contributed by atoms with E-state index in [0.29, 0.717) is 16.5 Å². The van der Waals surface area contributed by atoms with Crippen molar-refractivity contribution in [1.29, 1.82) is 0 Å². The van der Waals surface area contributed by atoms with E-state index in [9.17, 15) is 9.18 Å². The summed E-state index contributed by atoms with van der Waals surface area (Å²) in [6.07, 6.45) is 0.562. The summed E-state index contributed by atoms with van der Waals surface area (Å²) >= 11 is 8.55. The van der Waals surface area contributed by atoms with E-state index in [1.54, 1.807) is 36.4 Å². The number of thiocarbonyl (C=S) groups is 1. The second-order valence-electron chi connectivity index (χ2n) is 6.37. The van der Waals surface area contributed by atoms with Crippen LogP contribution < -0.4 is 10.6 Å². The molecule has 0 saturated heterocycles. The quantitative estimate of drug-likeness (QED) is 0.509. The Bertz CT molecular complexity index is 841. The number of carbonyl (C=O) groups is 1. The largest absolute Gasteiger partial charge is 0.353 e. The van der Waals surface area contributed by atoms with Crippen molar-refractivity contribution in [1.82, 2.24) is 10.6 Å². The zero-order valence-electron chi connectivity index (χ0n) is 14.6. The van der Waals surface area contributed by atoms with Crippen molar-refractivity contribution in [2.75, 3.05) is 0 Å². The molecule has 3 nitrogen and oxygen atoms in total. The van der Waals surface area contributed by atoms with Gasteiger partial charge in [0.2, 0.25) is 0 Å². The topological polar surface area (TPSA) is 41.1 Å². The Morgan fingerprint density at radius 3 is 2.50 bits per heavy atom. The highest BCUT2D eigenvalue weighted by atomic mass is 79.9. The van der Waals surface area contributed by atoms with Gasteiger partial charge in [-0.15, -0.1) is 6.58 Å². The van der Waals surface area contributed by atoms with Crippen LogP contribution in [0.4, 0.5) is 4.39 Å². The molecule has 26 heavy (non-hydrogen) atoms. The van der Waals surface area contributed by atoms with Crippen molar-refractivity contribution in [2.24, 2.45) is 0 Å². The van der Waals surface area contributed by atoms with Gasteiger partial charge in [-0.2, -0.15) is 0 Å².